The van der Waals surface area contributed by atoms with Gasteiger partial charge in [-0.15, -0.1) is 13.2 Å². The van der Waals surface area contributed by atoms with Gasteiger partial charge in [0.05, 0.1) is 49.2 Å². The van der Waals surface area contributed by atoms with E-state index < -0.39 is 40.2 Å². The number of nitrogens with zero attached hydrogens (tertiary/aromatic N) is 2. The molecule has 0 amide bonds. The minimum absolute atomic E-state index is 0.0593. The summed E-state index contributed by atoms with van der Waals surface area (Å²) in [6.07, 6.45) is -4.07. The van der Waals surface area contributed by atoms with E-state index >= 15 is 0 Å². The van der Waals surface area contributed by atoms with Crippen molar-refractivity contribution in [2.75, 3.05) is 19.1 Å². The first-order valence-electron chi connectivity index (χ1n) is 15.0. The van der Waals surface area contributed by atoms with Crippen molar-refractivity contribution in [1.29, 1.82) is 0 Å². The first-order valence-corrected chi connectivity index (χ1v) is 16.5. The second-order valence-electron chi connectivity index (χ2n) is 11.1. The van der Waals surface area contributed by atoms with Gasteiger partial charge in [0.2, 0.25) is 0 Å². The van der Waals surface area contributed by atoms with E-state index in [9.17, 15) is 22.5 Å². The minimum atomic E-state index is -4.88. The first kappa shape index (κ1) is 32.5. The molecule has 0 bridgehead atoms. The zero-order valence-electron chi connectivity index (χ0n) is 25.6. The average Bonchev–Trinajstić information content (AvgIpc) is 3.07. The molecule has 0 radical (unpaired) electrons. The Morgan fingerprint density at radius 2 is 1.55 bits per heavy atom. The van der Waals surface area contributed by atoms with Gasteiger partial charge in [0, 0.05) is 17.7 Å². The Morgan fingerprint density at radius 3 is 2.17 bits per heavy atom. The van der Waals surface area contributed by atoms with Crippen LogP contribution >= 0.6 is 0 Å². The topological polar surface area (TPSA) is 102 Å². The van der Waals surface area contributed by atoms with Gasteiger partial charge in [0.25, 0.3) is 0 Å². The van der Waals surface area contributed by atoms with E-state index in [1.165, 1.54) is 26.4 Å². The van der Waals surface area contributed by atoms with E-state index in [1.54, 1.807) is 18.2 Å². The van der Waals surface area contributed by atoms with Crippen molar-refractivity contribution in [2.45, 2.75) is 55.3 Å². The number of nitrogens with one attached hydrogen (secondary N) is 1. The normalized spacial score (nSPS) is 20.2. The number of fused-ring (bicyclic) bond motifs is 2. The number of hydrogen-bond donors (Lipinski definition) is 2. The molecule has 2 N–H and O–H groups in total. The lowest BCUT2D eigenvalue weighted by Crippen LogP contribution is -2.56. The summed E-state index contributed by atoms with van der Waals surface area (Å²) in [6, 6.07) is 24.0. The van der Waals surface area contributed by atoms with E-state index in [4.69, 9.17) is 14.2 Å². The van der Waals surface area contributed by atoms with Crippen LogP contribution in [-0.4, -0.2) is 48.1 Å². The summed E-state index contributed by atoms with van der Waals surface area (Å²) in [7, 11) is -0.507. The van der Waals surface area contributed by atoms with Crippen LogP contribution in [0, 0.1) is 0 Å². The quantitative estimate of drug-likeness (QED) is 0.192. The first-order chi connectivity index (χ1) is 22.6. The zero-order chi connectivity index (χ0) is 33.2. The van der Waals surface area contributed by atoms with Crippen molar-refractivity contribution in [2.24, 2.45) is 4.36 Å². The summed E-state index contributed by atoms with van der Waals surface area (Å²) in [5.74, 6) is 1.88. The molecule has 4 atom stereocenters. The molecule has 1 aliphatic heterocycles. The van der Waals surface area contributed by atoms with Gasteiger partial charge in [0.15, 0.2) is 11.5 Å². The minimum Gasteiger partial charge on any atom is -0.497 e. The number of aliphatic hydroxyl groups excluding tert-OH is 1. The molecule has 0 spiro atoms. The summed E-state index contributed by atoms with van der Waals surface area (Å²) in [5.41, 5.74) is 2.21. The number of halogens is 3. The summed E-state index contributed by atoms with van der Waals surface area (Å²) in [5, 5.41) is 11.9. The third kappa shape index (κ3) is 6.97. The molecule has 2 unspecified atom stereocenters. The van der Waals surface area contributed by atoms with Crippen LogP contribution in [-0.2, 0) is 16.5 Å². The van der Waals surface area contributed by atoms with Crippen molar-refractivity contribution >= 4 is 21.3 Å². The molecule has 6 rings (SSSR count). The molecule has 13 heteroatoms. The Balaban J connectivity index is 1.35. The lowest BCUT2D eigenvalue weighted by Gasteiger charge is -2.45. The lowest BCUT2D eigenvalue weighted by molar-refractivity contribution is -0.274. The standard InChI is InChI=1S/C34H34F3N3O6S/c1-43-24-15-14-22(32(20-24)44-2)21-38-47(42,25-18-16-23(17-19-25)46-34(35,36)37)39-26-8-7-11-29(33(26)41)40-27-9-3-5-12-30(27)45-31-13-6-4-10-28(31)40/h3-6,9-10,12-20,26,29,33,41H,7-8,11,21H2,1-2H3,(H,38,39,42)/t26-,29?,33+,47?/m1/s1. The lowest BCUT2D eigenvalue weighted by atomic mass is 9.86. The van der Waals surface area contributed by atoms with Crippen molar-refractivity contribution in [3.05, 3.63) is 96.6 Å². The van der Waals surface area contributed by atoms with E-state index in [0.717, 1.165) is 23.5 Å². The number of anilines is 2. The largest absolute Gasteiger partial charge is 0.573 e. The van der Waals surface area contributed by atoms with Crippen LogP contribution in [0.2, 0.25) is 0 Å². The van der Waals surface area contributed by atoms with Crippen LogP contribution in [0.15, 0.2) is 100 Å². The number of ether oxygens (including phenoxy) is 4. The van der Waals surface area contributed by atoms with Crippen LogP contribution in [0.25, 0.3) is 0 Å². The highest BCUT2D eigenvalue weighted by Gasteiger charge is 2.41. The molecule has 0 saturated heterocycles. The summed E-state index contributed by atoms with van der Waals surface area (Å²) < 4.78 is 82.1. The predicted molar refractivity (Wildman–Crippen MR) is 171 cm³/mol. The number of methoxy groups -OCH3 is 2. The van der Waals surface area contributed by atoms with E-state index in [1.807, 2.05) is 48.5 Å². The summed E-state index contributed by atoms with van der Waals surface area (Å²) in [4.78, 5) is 2.20. The smallest absolute Gasteiger partial charge is 0.497 e. The number of benzene rings is 4. The Hall–Kier alpha value is -4.46. The maximum Gasteiger partial charge on any atom is 0.573 e. The predicted octanol–water partition coefficient (Wildman–Crippen LogP) is 7.36. The van der Waals surface area contributed by atoms with Crippen molar-refractivity contribution in [3.8, 4) is 28.7 Å². The molecule has 248 valence electrons. The van der Waals surface area contributed by atoms with Gasteiger partial charge in [-0.2, -0.15) is 0 Å². The van der Waals surface area contributed by atoms with Gasteiger partial charge in [-0.05, 0) is 79.9 Å². The number of alkyl halides is 3. The van der Waals surface area contributed by atoms with Crippen LogP contribution in [0.3, 0.4) is 0 Å². The van der Waals surface area contributed by atoms with E-state index in [-0.39, 0.29) is 11.4 Å². The number of rotatable bonds is 9. The SMILES string of the molecule is COc1ccc(CN=S(=O)(N[C@@H]2CCCC(N3c4ccccc4Oc4ccccc43)[C@H]2O)c2ccc(OC(F)(F)F)cc2)c(OC)c1. The molecule has 1 fully saturated rings. The summed E-state index contributed by atoms with van der Waals surface area (Å²) in [6.45, 7) is -0.0593. The molecule has 4 aromatic rings. The van der Waals surface area contributed by atoms with E-state index in [0.29, 0.717) is 47.8 Å². The number of hydrogen-bond acceptors (Lipinski definition) is 8. The summed E-state index contributed by atoms with van der Waals surface area (Å²) >= 11 is 0. The van der Waals surface area contributed by atoms with Crippen molar-refractivity contribution in [1.82, 2.24) is 4.72 Å². The number of para-hydroxylation sites is 4. The second kappa shape index (κ2) is 13.3. The molecular weight excluding hydrogens is 635 g/mol. The molecular formula is C34H34F3N3O6S. The van der Waals surface area contributed by atoms with Crippen molar-refractivity contribution in [3.63, 3.8) is 0 Å². The molecule has 9 nitrogen and oxygen atoms in total. The highest BCUT2D eigenvalue weighted by atomic mass is 32.2. The Bertz CT molecular complexity index is 1800. The third-order valence-corrected chi connectivity index (χ3v) is 10.2. The van der Waals surface area contributed by atoms with Gasteiger partial charge in [0.1, 0.15) is 27.2 Å². The maximum absolute atomic E-state index is 14.8. The third-order valence-electron chi connectivity index (χ3n) is 8.22. The highest BCUT2D eigenvalue weighted by Crippen LogP contribution is 2.49. The molecule has 1 saturated carbocycles. The van der Waals surface area contributed by atoms with Crippen molar-refractivity contribution < 1.29 is 41.4 Å². The van der Waals surface area contributed by atoms with Gasteiger partial charge in [-0.1, -0.05) is 24.3 Å². The van der Waals surface area contributed by atoms with Crippen LogP contribution in [0.1, 0.15) is 24.8 Å². The maximum atomic E-state index is 14.8. The fourth-order valence-electron chi connectivity index (χ4n) is 6.01. The fraction of sp³-hybridized carbons (Fsp3) is 0.294. The van der Waals surface area contributed by atoms with Gasteiger partial charge >= 0.3 is 6.36 Å². The van der Waals surface area contributed by atoms with Gasteiger partial charge < -0.3 is 29.0 Å². The highest BCUT2D eigenvalue weighted by molar-refractivity contribution is 7.91. The molecule has 2 aliphatic rings. The van der Waals surface area contributed by atoms with Gasteiger partial charge in [-0.25, -0.2) is 13.3 Å². The Labute approximate surface area is 271 Å². The van der Waals surface area contributed by atoms with Crippen LogP contribution in [0.4, 0.5) is 24.5 Å². The monoisotopic (exact) mass is 669 g/mol. The molecule has 47 heavy (non-hydrogen) atoms. The molecule has 1 heterocycles. The van der Waals surface area contributed by atoms with Crippen LogP contribution < -0.4 is 28.6 Å². The zero-order valence-corrected chi connectivity index (χ0v) is 26.5. The van der Waals surface area contributed by atoms with Gasteiger partial charge in [-0.3, -0.25) is 0 Å². The number of aliphatic hydroxyl groups is 1. The Kier molecular flexibility index (Phi) is 9.22. The molecule has 1 aliphatic carbocycles. The second-order valence-corrected chi connectivity index (χ2v) is 13.1. The fourth-order valence-corrected chi connectivity index (χ4v) is 7.86. The molecule has 4 aromatic carbocycles. The van der Waals surface area contributed by atoms with E-state index in [2.05, 4.69) is 18.7 Å². The molecule has 0 aromatic heterocycles. The van der Waals surface area contributed by atoms with Crippen LogP contribution in [0.5, 0.6) is 28.7 Å². The average molecular weight is 670 g/mol. The Morgan fingerprint density at radius 1 is 0.915 bits per heavy atom.